The Morgan fingerprint density at radius 3 is 2.50 bits per heavy atom. The van der Waals surface area contributed by atoms with Crippen LogP contribution in [0.25, 0.3) is 0 Å². The predicted molar refractivity (Wildman–Crippen MR) is 86.6 cm³/mol. The number of nitrogens with one attached hydrogen (secondary N) is 1. The Morgan fingerprint density at radius 2 is 1.82 bits per heavy atom. The number of hydrogen-bond donors (Lipinski definition) is 4. The first kappa shape index (κ1) is 16.5. The van der Waals surface area contributed by atoms with E-state index in [1.807, 2.05) is 18.2 Å². The lowest BCUT2D eigenvalue weighted by atomic mass is 10.0. The van der Waals surface area contributed by atoms with Crippen molar-refractivity contribution in [2.24, 2.45) is 0 Å². The molecule has 0 saturated carbocycles. The largest absolute Gasteiger partial charge is 0.508 e. The fraction of sp³-hybridized carbons (Fsp3) is 0.333. The Morgan fingerprint density at radius 1 is 1.09 bits per heavy atom. The van der Waals surface area contributed by atoms with E-state index in [2.05, 4.69) is 24.4 Å². The van der Waals surface area contributed by atoms with Gasteiger partial charge in [0.1, 0.15) is 5.75 Å². The van der Waals surface area contributed by atoms with Crippen LogP contribution >= 0.6 is 0 Å². The number of benzene rings is 2. The van der Waals surface area contributed by atoms with Gasteiger partial charge in [-0.25, -0.2) is 0 Å². The quantitative estimate of drug-likeness (QED) is 0.632. The Kier molecular flexibility index (Phi) is 5.95. The molecular weight excluding hydrogens is 278 g/mol. The van der Waals surface area contributed by atoms with E-state index in [-0.39, 0.29) is 18.4 Å². The molecule has 0 fully saturated rings. The summed E-state index contributed by atoms with van der Waals surface area (Å²) < 4.78 is 0. The maximum atomic E-state index is 10.2. The van der Waals surface area contributed by atoms with Crippen LogP contribution in [0.2, 0.25) is 0 Å². The maximum Gasteiger partial charge on any atom is 0.121 e. The van der Waals surface area contributed by atoms with Crippen LogP contribution in [-0.4, -0.2) is 27.9 Å². The zero-order valence-electron chi connectivity index (χ0n) is 12.7. The summed E-state index contributed by atoms with van der Waals surface area (Å²) in [5.74, 6) is 0.0452. The van der Waals surface area contributed by atoms with Gasteiger partial charge >= 0.3 is 0 Å². The molecule has 2 aromatic rings. The minimum atomic E-state index is -0.677. The molecule has 0 saturated heterocycles. The van der Waals surface area contributed by atoms with Gasteiger partial charge in [-0.3, -0.25) is 0 Å². The number of hydrogen-bond acceptors (Lipinski definition) is 4. The lowest BCUT2D eigenvalue weighted by Crippen LogP contribution is -2.32. The highest BCUT2D eigenvalue weighted by Crippen LogP contribution is 2.22. The molecule has 0 unspecified atom stereocenters. The molecule has 0 radical (unpaired) electrons. The van der Waals surface area contributed by atoms with Crippen LogP contribution in [0.1, 0.15) is 29.7 Å². The lowest BCUT2D eigenvalue weighted by molar-refractivity contribution is 0.170. The Labute approximate surface area is 131 Å². The molecule has 0 aromatic heterocycles. The first-order valence-corrected chi connectivity index (χ1v) is 7.48. The second-order valence-corrected chi connectivity index (χ2v) is 5.56. The average molecular weight is 301 g/mol. The highest BCUT2D eigenvalue weighted by molar-refractivity contribution is 5.36. The summed E-state index contributed by atoms with van der Waals surface area (Å²) in [6.45, 7) is 2.25. The van der Waals surface area contributed by atoms with Crippen LogP contribution in [0.5, 0.6) is 5.75 Å². The Bertz CT molecular complexity index is 586. The third-order valence-corrected chi connectivity index (χ3v) is 3.70. The van der Waals surface area contributed by atoms with Gasteiger partial charge in [-0.15, -0.1) is 0 Å². The molecule has 22 heavy (non-hydrogen) atoms. The van der Waals surface area contributed by atoms with Gasteiger partial charge in [-0.05, 0) is 36.6 Å². The fourth-order valence-electron chi connectivity index (χ4n) is 2.41. The van der Waals surface area contributed by atoms with Crippen molar-refractivity contribution in [3.8, 4) is 5.75 Å². The highest BCUT2D eigenvalue weighted by atomic mass is 16.3. The summed E-state index contributed by atoms with van der Waals surface area (Å²) in [5, 5.41) is 32.2. The van der Waals surface area contributed by atoms with Crippen LogP contribution in [0.4, 0.5) is 0 Å². The van der Waals surface area contributed by atoms with E-state index in [1.165, 1.54) is 11.6 Å². The van der Waals surface area contributed by atoms with E-state index in [0.717, 1.165) is 6.42 Å². The second-order valence-electron chi connectivity index (χ2n) is 5.56. The van der Waals surface area contributed by atoms with Gasteiger partial charge in [0.05, 0.1) is 12.7 Å². The molecule has 0 aliphatic heterocycles. The molecule has 4 N–H and O–H groups in total. The molecule has 0 heterocycles. The average Bonchev–Trinajstić information content (AvgIpc) is 2.54. The van der Waals surface area contributed by atoms with E-state index >= 15 is 0 Å². The van der Waals surface area contributed by atoms with Crippen molar-refractivity contribution in [1.29, 1.82) is 0 Å². The van der Waals surface area contributed by atoms with Gasteiger partial charge in [-0.2, -0.15) is 0 Å². The molecule has 2 aromatic carbocycles. The Hall–Kier alpha value is -1.88. The number of phenols is 1. The van der Waals surface area contributed by atoms with Crippen LogP contribution in [0.3, 0.4) is 0 Å². The number of aromatic hydroxyl groups is 1. The molecule has 0 aliphatic carbocycles. The van der Waals surface area contributed by atoms with Crippen molar-refractivity contribution in [2.75, 3.05) is 6.54 Å². The summed E-state index contributed by atoms with van der Waals surface area (Å²) in [5.41, 5.74) is 2.36. The van der Waals surface area contributed by atoms with Gasteiger partial charge in [-0.1, -0.05) is 36.4 Å². The SMILES string of the molecule is C[C@H](Cc1ccccc1)NC[C@H](O)c1ccc(O)c(CO)c1. The zero-order valence-corrected chi connectivity index (χ0v) is 12.7. The standard InChI is InChI=1S/C18H23NO3/c1-13(9-14-5-3-2-4-6-14)19-11-18(22)15-7-8-17(21)16(10-15)12-20/h2-8,10,13,18-22H,9,11-12H2,1H3/t13-,18+/m1/s1. The van der Waals surface area contributed by atoms with Gasteiger partial charge in [0.15, 0.2) is 0 Å². The summed E-state index contributed by atoms with van der Waals surface area (Å²) in [7, 11) is 0. The topological polar surface area (TPSA) is 72.7 Å². The number of aliphatic hydroxyl groups is 2. The van der Waals surface area contributed by atoms with Crippen LogP contribution in [0.15, 0.2) is 48.5 Å². The van der Waals surface area contributed by atoms with Crippen molar-refractivity contribution in [2.45, 2.75) is 32.1 Å². The molecule has 118 valence electrons. The first-order chi connectivity index (χ1) is 10.6. The molecule has 2 rings (SSSR count). The smallest absolute Gasteiger partial charge is 0.121 e. The van der Waals surface area contributed by atoms with Crippen molar-refractivity contribution in [1.82, 2.24) is 5.32 Å². The number of rotatable bonds is 7. The third kappa shape index (κ3) is 4.56. The van der Waals surface area contributed by atoms with Gasteiger partial charge in [0, 0.05) is 18.2 Å². The van der Waals surface area contributed by atoms with Gasteiger partial charge in [0.25, 0.3) is 0 Å². The lowest BCUT2D eigenvalue weighted by Gasteiger charge is -2.18. The summed E-state index contributed by atoms with van der Waals surface area (Å²) in [6, 6.07) is 15.2. The highest BCUT2D eigenvalue weighted by Gasteiger charge is 2.12. The molecule has 4 heteroatoms. The maximum absolute atomic E-state index is 10.2. The van der Waals surface area contributed by atoms with E-state index in [0.29, 0.717) is 17.7 Å². The van der Waals surface area contributed by atoms with E-state index in [4.69, 9.17) is 5.11 Å². The van der Waals surface area contributed by atoms with Gasteiger partial charge in [0.2, 0.25) is 0 Å². The van der Waals surface area contributed by atoms with Crippen LogP contribution < -0.4 is 5.32 Å². The van der Waals surface area contributed by atoms with Crippen LogP contribution in [-0.2, 0) is 13.0 Å². The molecule has 2 atom stereocenters. The minimum Gasteiger partial charge on any atom is -0.508 e. The van der Waals surface area contributed by atoms with Crippen LogP contribution in [0, 0.1) is 0 Å². The van der Waals surface area contributed by atoms with Gasteiger partial charge < -0.3 is 20.6 Å². The molecule has 0 spiro atoms. The monoisotopic (exact) mass is 301 g/mol. The van der Waals surface area contributed by atoms with Crippen molar-refractivity contribution in [3.63, 3.8) is 0 Å². The van der Waals surface area contributed by atoms with Crippen molar-refractivity contribution < 1.29 is 15.3 Å². The molecule has 0 amide bonds. The zero-order chi connectivity index (χ0) is 15.9. The van der Waals surface area contributed by atoms with E-state index < -0.39 is 6.10 Å². The molecule has 0 bridgehead atoms. The molecule has 0 aliphatic rings. The predicted octanol–water partition coefficient (Wildman–Crippen LogP) is 2.14. The molecular formula is C18H23NO3. The summed E-state index contributed by atoms with van der Waals surface area (Å²) in [4.78, 5) is 0. The van der Waals surface area contributed by atoms with Crippen molar-refractivity contribution in [3.05, 3.63) is 65.2 Å². The number of aliphatic hydroxyl groups excluding tert-OH is 2. The summed E-state index contributed by atoms with van der Waals surface area (Å²) >= 11 is 0. The first-order valence-electron chi connectivity index (χ1n) is 7.48. The minimum absolute atomic E-state index is 0.0452. The fourth-order valence-corrected chi connectivity index (χ4v) is 2.41. The van der Waals surface area contributed by atoms with Crippen molar-refractivity contribution >= 4 is 0 Å². The molecule has 4 nitrogen and oxygen atoms in total. The van der Waals surface area contributed by atoms with E-state index in [1.54, 1.807) is 12.1 Å². The Balaban J connectivity index is 1.88. The van der Waals surface area contributed by atoms with E-state index in [9.17, 15) is 10.2 Å². The summed E-state index contributed by atoms with van der Waals surface area (Å²) in [6.07, 6.45) is 0.217. The third-order valence-electron chi connectivity index (χ3n) is 3.70. The normalized spacial score (nSPS) is 13.8. The second kappa shape index (κ2) is 7.94.